The van der Waals surface area contributed by atoms with Crippen LogP contribution in [0.4, 0.5) is 0 Å². The fourth-order valence-corrected chi connectivity index (χ4v) is 2.91. The number of hydrogen-bond acceptors (Lipinski definition) is 3. The minimum atomic E-state index is 0.176. The summed E-state index contributed by atoms with van der Waals surface area (Å²) in [4.78, 5) is 4.33. The fourth-order valence-electron chi connectivity index (χ4n) is 2.91. The van der Waals surface area contributed by atoms with Crippen LogP contribution in [0.15, 0.2) is 36.5 Å². The fraction of sp³-hybridized carbons (Fsp3) is 0.421. The lowest BCUT2D eigenvalue weighted by molar-refractivity contribution is 0.220. The van der Waals surface area contributed by atoms with Gasteiger partial charge in [-0.25, -0.2) is 0 Å². The summed E-state index contributed by atoms with van der Waals surface area (Å²) in [5.41, 5.74) is 6.36. The molecular weight excluding hydrogens is 272 g/mol. The van der Waals surface area contributed by atoms with Crippen LogP contribution in [0, 0.1) is 26.7 Å². The smallest absolute Gasteiger partial charge is 0.0475 e. The number of nitrogens with one attached hydrogen (secondary N) is 1. The minimum absolute atomic E-state index is 0.176. The second-order valence-electron chi connectivity index (χ2n) is 6.08. The second-order valence-corrected chi connectivity index (χ2v) is 6.08. The van der Waals surface area contributed by atoms with E-state index in [2.05, 4.69) is 43.2 Å². The van der Waals surface area contributed by atoms with Crippen molar-refractivity contribution in [3.63, 3.8) is 0 Å². The predicted octanol–water partition coefficient (Wildman–Crippen LogP) is 2.95. The normalized spacial score (nSPS) is 12.4. The van der Waals surface area contributed by atoms with Crippen molar-refractivity contribution in [2.45, 2.75) is 33.7 Å². The van der Waals surface area contributed by atoms with Gasteiger partial charge in [-0.3, -0.25) is 4.98 Å². The number of aliphatic hydroxyl groups is 1. The van der Waals surface area contributed by atoms with Gasteiger partial charge in [0, 0.05) is 31.6 Å². The largest absolute Gasteiger partial charge is 0.396 e. The number of pyridine rings is 1. The summed E-state index contributed by atoms with van der Waals surface area (Å²) in [5.74, 6) is 0.195. The van der Waals surface area contributed by atoms with Crippen LogP contribution in [0.1, 0.15) is 27.9 Å². The Balaban J connectivity index is 1.89. The highest BCUT2D eigenvalue weighted by Crippen LogP contribution is 2.16. The number of aliphatic hydroxyl groups excluding tert-OH is 1. The van der Waals surface area contributed by atoms with Crippen LogP contribution in [0.2, 0.25) is 0 Å². The lowest BCUT2D eigenvalue weighted by Crippen LogP contribution is -2.27. The maximum Gasteiger partial charge on any atom is 0.0475 e. The Hall–Kier alpha value is -1.71. The van der Waals surface area contributed by atoms with Crippen LogP contribution < -0.4 is 5.32 Å². The summed E-state index contributed by atoms with van der Waals surface area (Å²) in [5, 5.41) is 13.0. The van der Waals surface area contributed by atoms with E-state index < -0.39 is 0 Å². The predicted molar refractivity (Wildman–Crippen MR) is 90.9 cm³/mol. The first-order chi connectivity index (χ1) is 10.6. The summed E-state index contributed by atoms with van der Waals surface area (Å²) >= 11 is 0. The van der Waals surface area contributed by atoms with Gasteiger partial charge in [0.15, 0.2) is 0 Å². The molecule has 0 aliphatic rings. The van der Waals surface area contributed by atoms with Crippen molar-refractivity contribution in [1.82, 2.24) is 10.3 Å². The van der Waals surface area contributed by atoms with Gasteiger partial charge in [-0.2, -0.15) is 0 Å². The Morgan fingerprint density at radius 1 is 1.14 bits per heavy atom. The standard InChI is InChI=1S/C19H26N2O/c1-14-8-15(2)19(16(3)9-14)12-20-11-17(13-22)10-18-6-4-5-7-21-18/h4-9,17,20,22H,10-13H2,1-3H3. The summed E-state index contributed by atoms with van der Waals surface area (Å²) in [7, 11) is 0. The highest BCUT2D eigenvalue weighted by molar-refractivity contribution is 5.37. The SMILES string of the molecule is Cc1cc(C)c(CNCC(CO)Cc2ccccn2)c(C)c1. The molecule has 2 aromatic rings. The van der Waals surface area contributed by atoms with Gasteiger partial charge in [0.25, 0.3) is 0 Å². The number of benzene rings is 1. The Labute approximate surface area is 133 Å². The summed E-state index contributed by atoms with van der Waals surface area (Å²) in [6, 6.07) is 10.4. The van der Waals surface area contributed by atoms with Crippen LogP contribution in [0.3, 0.4) is 0 Å². The zero-order valence-corrected chi connectivity index (χ0v) is 13.8. The number of aryl methyl sites for hydroxylation is 3. The van der Waals surface area contributed by atoms with Crippen molar-refractivity contribution in [3.8, 4) is 0 Å². The molecule has 0 aliphatic heterocycles. The molecule has 0 saturated heterocycles. The molecule has 3 heteroatoms. The van der Waals surface area contributed by atoms with Gasteiger partial charge in [0.05, 0.1) is 0 Å². The Morgan fingerprint density at radius 2 is 1.86 bits per heavy atom. The molecule has 1 aromatic heterocycles. The monoisotopic (exact) mass is 298 g/mol. The van der Waals surface area contributed by atoms with Crippen LogP contribution in [-0.2, 0) is 13.0 Å². The van der Waals surface area contributed by atoms with Gasteiger partial charge in [-0.15, -0.1) is 0 Å². The molecular formula is C19H26N2O. The van der Waals surface area contributed by atoms with Crippen molar-refractivity contribution in [2.24, 2.45) is 5.92 Å². The van der Waals surface area contributed by atoms with Gasteiger partial charge >= 0.3 is 0 Å². The first kappa shape index (κ1) is 16.7. The van der Waals surface area contributed by atoms with Gasteiger partial charge in [-0.1, -0.05) is 23.8 Å². The summed E-state index contributed by atoms with van der Waals surface area (Å²) in [6.45, 7) is 8.26. The van der Waals surface area contributed by atoms with Crippen molar-refractivity contribution < 1.29 is 5.11 Å². The molecule has 0 aliphatic carbocycles. The maximum absolute atomic E-state index is 9.56. The quantitative estimate of drug-likeness (QED) is 0.826. The molecule has 0 amide bonds. The molecule has 0 radical (unpaired) electrons. The van der Waals surface area contributed by atoms with Crippen molar-refractivity contribution in [2.75, 3.05) is 13.2 Å². The average molecular weight is 298 g/mol. The third-order valence-corrected chi connectivity index (χ3v) is 4.06. The van der Waals surface area contributed by atoms with E-state index in [1.165, 1.54) is 22.3 Å². The number of nitrogens with zero attached hydrogens (tertiary/aromatic N) is 1. The third-order valence-electron chi connectivity index (χ3n) is 4.06. The topological polar surface area (TPSA) is 45.1 Å². The zero-order chi connectivity index (χ0) is 15.9. The van der Waals surface area contributed by atoms with Gasteiger partial charge in [0.1, 0.15) is 0 Å². The lowest BCUT2D eigenvalue weighted by Gasteiger charge is -2.17. The molecule has 118 valence electrons. The highest BCUT2D eigenvalue weighted by Gasteiger charge is 2.10. The first-order valence-corrected chi connectivity index (χ1v) is 7.88. The van der Waals surface area contributed by atoms with Gasteiger partial charge in [-0.05, 0) is 61.9 Å². The first-order valence-electron chi connectivity index (χ1n) is 7.88. The molecule has 1 unspecified atom stereocenters. The number of aromatic nitrogens is 1. The van der Waals surface area contributed by atoms with Crippen molar-refractivity contribution in [1.29, 1.82) is 0 Å². The molecule has 0 fully saturated rings. The van der Waals surface area contributed by atoms with Crippen molar-refractivity contribution >= 4 is 0 Å². The lowest BCUT2D eigenvalue weighted by atomic mass is 9.99. The van der Waals surface area contributed by atoms with Gasteiger partial charge < -0.3 is 10.4 Å². The van der Waals surface area contributed by atoms with Crippen LogP contribution in [0.5, 0.6) is 0 Å². The van der Waals surface area contributed by atoms with Crippen molar-refractivity contribution in [3.05, 3.63) is 64.5 Å². The van der Waals surface area contributed by atoms with Gasteiger partial charge in [0.2, 0.25) is 0 Å². The Kier molecular flexibility index (Phi) is 6.10. The summed E-state index contributed by atoms with van der Waals surface area (Å²) < 4.78 is 0. The highest BCUT2D eigenvalue weighted by atomic mass is 16.3. The van der Waals surface area contributed by atoms with E-state index in [9.17, 15) is 5.11 Å². The molecule has 0 bridgehead atoms. The molecule has 3 nitrogen and oxygen atoms in total. The van der Waals surface area contributed by atoms with Crippen LogP contribution >= 0.6 is 0 Å². The third kappa shape index (κ3) is 4.65. The molecule has 2 rings (SSSR count). The number of rotatable bonds is 7. The molecule has 0 saturated carbocycles. The molecule has 1 atom stereocenters. The van der Waals surface area contributed by atoms with E-state index in [1.807, 2.05) is 18.2 Å². The maximum atomic E-state index is 9.56. The molecule has 1 aromatic carbocycles. The molecule has 1 heterocycles. The summed E-state index contributed by atoms with van der Waals surface area (Å²) in [6.07, 6.45) is 2.60. The Bertz CT molecular complexity index is 573. The molecule has 22 heavy (non-hydrogen) atoms. The Morgan fingerprint density at radius 3 is 2.45 bits per heavy atom. The molecule has 2 N–H and O–H groups in total. The van der Waals surface area contributed by atoms with E-state index >= 15 is 0 Å². The number of hydrogen-bond donors (Lipinski definition) is 2. The van der Waals surface area contributed by atoms with E-state index in [0.717, 1.165) is 25.2 Å². The van der Waals surface area contributed by atoms with Crippen LogP contribution in [-0.4, -0.2) is 23.2 Å². The van der Waals surface area contributed by atoms with E-state index in [1.54, 1.807) is 6.20 Å². The van der Waals surface area contributed by atoms with E-state index in [-0.39, 0.29) is 12.5 Å². The van der Waals surface area contributed by atoms with Crippen LogP contribution in [0.25, 0.3) is 0 Å². The molecule has 0 spiro atoms. The average Bonchev–Trinajstić information content (AvgIpc) is 2.49. The van der Waals surface area contributed by atoms with E-state index in [0.29, 0.717) is 0 Å². The zero-order valence-electron chi connectivity index (χ0n) is 13.8. The second kappa shape index (κ2) is 8.06. The minimum Gasteiger partial charge on any atom is -0.396 e. The van der Waals surface area contributed by atoms with E-state index in [4.69, 9.17) is 0 Å².